The maximum absolute atomic E-state index is 13.6. The summed E-state index contributed by atoms with van der Waals surface area (Å²) in [4.78, 5) is 16.6. The van der Waals surface area contributed by atoms with Gasteiger partial charge in [-0.25, -0.2) is 4.39 Å². The summed E-state index contributed by atoms with van der Waals surface area (Å²) in [5.74, 6) is -0.815. The first-order chi connectivity index (χ1) is 11.2. The number of amides is 1. The maximum Gasteiger partial charge on any atom is 0.255 e. The molecule has 0 aliphatic carbocycles. The van der Waals surface area contributed by atoms with E-state index in [-0.39, 0.29) is 5.56 Å². The van der Waals surface area contributed by atoms with Crippen LogP contribution in [0.1, 0.15) is 22.8 Å². The number of carbonyl (C=O) groups excluding carboxylic acids is 1. The fourth-order valence-corrected chi connectivity index (χ4v) is 2.27. The van der Waals surface area contributed by atoms with E-state index >= 15 is 0 Å². The van der Waals surface area contributed by atoms with E-state index in [2.05, 4.69) is 20.5 Å². The number of hydrogen-bond acceptors (Lipinski definition) is 3. The zero-order valence-electron chi connectivity index (χ0n) is 12.5. The number of halogens is 1. The molecule has 2 aromatic heterocycles. The number of carbonyl (C=O) groups is 1. The van der Waals surface area contributed by atoms with Gasteiger partial charge in [0.2, 0.25) is 0 Å². The maximum atomic E-state index is 13.6. The van der Waals surface area contributed by atoms with E-state index in [0.717, 1.165) is 5.56 Å². The van der Waals surface area contributed by atoms with Crippen LogP contribution in [0.4, 0.5) is 10.1 Å². The Morgan fingerprint density at radius 2 is 2.17 bits per heavy atom. The van der Waals surface area contributed by atoms with E-state index in [1.807, 2.05) is 13.0 Å². The van der Waals surface area contributed by atoms with Crippen LogP contribution in [-0.4, -0.2) is 21.1 Å². The molecule has 2 heterocycles. The minimum Gasteiger partial charge on any atom is -0.319 e. The quantitative estimate of drug-likeness (QED) is 0.775. The number of hydrogen-bond donors (Lipinski definition) is 2. The summed E-state index contributed by atoms with van der Waals surface area (Å²) in [6.07, 6.45) is 3.81. The Bertz CT molecular complexity index is 830. The van der Waals surface area contributed by atoms with E-state index in [4.69, 9.17) is 0 Å². The third-order valence-electron chi connectivity index (χ3n) is 3.44. The van der Waals surface area contributed by atoms with Crippen molar-refractivity contribution in [1.82, 2.24) is 15.2 Å². The molecule has 1 aromatic carbocycles. The lowest BCUT2D eigenvalue weighted by Gasteiger charge is -2.07. The lowest BCUT2D eigenvalue weighted by atomic mass is 10.1. The van der Waals surface area contributed by atoms with Crippen molar-refractivity contribution in [1.29, 1.82) is 0 Å². The normalized spacial score (nSPS) is 10.5. The SMILES string of the molecule is CCc1cc(F)cc(C(=O)Nc2cn[nH]c2-c2ccccn2)c1. The van der Waals surface area contributed by atoms with Gasteiger partial charge in [0, 0.05) is 11.8 Å². The molecule has 6 heteroatoms. The molecule has 0 aliphatic rings. The number of benzene rings is 1. The minimum atomic E-state index is -0.424. The predicted octanol–water partition coefficient (Wildman–Crippen LogP) is 3.43. The van der Waals surface area contributed by atoms with Gasteiger partial charge in [-0.05, 0) is 42.3 Å². The van der Waals surface area contributed by atoms with E-state index in [1.165, 1.54) is 18.3 Å². The molecule has 0 atom stereocenters. The fraction of sp³-hybridized carbons (Fsp3) is 0.118. The molecular formula is C17H15FN4O. The Balaban J connectivity index is 1.87. The largest absolute Gasteiger partial charge is 0.319 e. The zero-order chi connectivity index (χ0) is 16.2. The van der Waals surface area contributed by atoms with Gasteiger partial charge in [0.15, 0.2) is 0 Å². The Kier molecular flexibility index (Phi) is 4.14. The zero-order valence-corrected chi connectivity index (χ0v) is 12.5. The highest BCUT2D eigenvalue weighted by molar-refractivity contribution is 6.05. The van der Waals surface area contributed by atoms with Crippen LogP contribution in [0.5, 0.6) is 0 Å². The molecule has 0 aliphatic heterocycles. The van der Waals surface area contributed by atoms with Gasteiger partial charge >= 0.3 is 0 Å². The van der Waals surface area contributed by atoms with Gasteiger partial charge in [0.25, 0.3) is 5.91 Å². The summed E-state index contributed by atoms with van der Waals surface area (Å²) in [6, 6.07) is 9.77. The summed E-state index contributed by atoms with van der Waals surface area (Å²) < 4.78 is 13.6. The van der Waals surface area contributed by atoms with Crippen molar-refractivity contribution in [2.24, 2.45) is 0 Å². The van der Waals surface area contributed by atoms with Gasteiger partial charge < -0.3 is 5.32 Å². The lowest BCUT2D eigenvalue weighted by Crippen LogP contribution is -2.13. The molecule has 1 amide bonds. The standard InChI is InChI=1S/C17H15FN4O/c1-2-11-7-12(9-13(18)8-11)17(23)21-15-10-20-22-16(15)14-5-3-4-6-19-14/h3-10H,2H2,1H3,(H,20,22)(H,21,23). The predicted molar refractivity (Wildman–Crippen MR) is 85.5 cm³/mol. The molecule has 3 aromatic rings. The number of nitrogens with one attached hydrogen (secondary N) is 2. The van der Waals surface area contributed by atoms with Gasteiger partial charge in [0.05, 0.1) is 17.6 Å². The minimum absolute atomic E-state index is 0.273. The number of nitrogens with zero attached hydrogens (tertiary/aromatic N) is 2. The van der Waals surface area contributed by atoms with Crippen LogP contribution in [0, 0.1) is 5.82 Å². The number of rotatable bonds is 4. The Hall–Kier alpha value is -3.02. The molecule has 5 nitrogen and oxygen atoms in total. The molecule has 0 spiro atoms. The molecule has 3 rings (SSSR count). The molecule has 0 saturated carbocycles. The summed E-state index contributed by atoms with van der Waals surface area (Å²) in [5.41, 5.74) is 2.80. The molecule has 116 valence electrons. The Labute approximate surface area is 132 Å². The van der Waals surface area contributed by atoms with Crippen LogP contribution < -0.4 is 5.32 Å². The first-order valence-corrected chi connectivity index (χ1v) is 7.23. The summed E-state index contributed by atoms with van der Waals surface area (Å²) in [6.45, 7) is 1.91. The van der Waals surface area contributed by atoms with E-state index in [1.54, 1.807) is 24.4 Å². The molecule has 2 N–H and O–H groups in total. The molecular weight excluding hydrogens is 295 g/mol. The average molecular weight is 310 g/mol. The number of anilines is 1. The topological polar surface area (TPSA) is 70.7 Å². The van der Waals surface area contributed by atoms with Crippen molar-refractivity contribution in [3.05, 3.63) is 65.7 Å². The van der Waals surface area contributed by atoms with E-state index in [9.17, 15) is 9.18 Å². The van der Waals surface area contributed by atoms with Crippen molar-refractivity contribution >= 4 is 11.6 Å². The number of pyridine rings is 1. The molecule has 0 unspecified atom stereocenters. The number of aromatic amines is 1. The van der Waals surface area contributed by atoms with Crippen molar-refractivity contribution < 1.29 is 9.18 Å². The summed E-state index contributed by atoms with van der Waals surface area (Å²) in [5, 5.41) is 9.50. The van der Waals surface area contributed by atoms with Crippen LogP contribution in [0.15, 0.2) is 48.8 Å². The molecule has 23 heavy (non-hydrogen) atoms. The van der Waals surface area contributed by atoms with Crippen molar-refractivity contribution in [2.45, 2.75) is 13.3 Å². The van der Waals surface area contributed by atoms with Gasteiger partial charge in [0.1, 0.15) is 11.5 Å². The molecule has 0 fully saturated rings. The molecule has 0 saturated heterocycles. The van der Waals surface area contributed by atoms with E-state index < -0.39 is 11.7 Å². The molecule has 0 radical (unpaired) electrons. The van der Waals surface area contributed by atoms with Crippen LogP contribution in [-0.2, 0) is 6.42 Å². The van der Waals surface area contributed by atoms with Crippen LogP contribution in [0.25, 0.3) is 11.4 Å². The number of aryl methyl sites for hydroxylation is 1. The van der Waals surface area contributed by atoms with Gasteiger partial charge in [-0.2, -0.15) is 5.10 Å². The second kappa shape index (κ2) is 6.39. The van der Waals surface area contributed by atoms with Crippen molar-refractivity contribution in [2.75, 3.05) is 5.32 Å². The van der Waals surface area contributed by atoms with Gasteiger partial charge in [-0.15, -0.1) is 0 Å². The number of H-pyrrole nitrogens is 1. The highest BCUT2D eigenvalue weighted by Gasteiger charge is 2.14. The van der Waals surface area contributed by atoms with Crippen LogP contribution in [0.2, 0.25) is 0 Å². The smallest absolute Gasteiger partial charge is 0.255 e. The van der Waals surface area contributed by atoms with Crippen molar-refractivity contribution in [3.63, 3.8) is 0 Å². The highest BCUT2D eigenvalue weighted by Crippen LogP contribution is 2.23. The van der Waals surface area contributed by atoms with E-state index in [0.29, 0.717) is 23.5 Å². The lowest BCUT2D eigenvalue weighted by molar-refractivity contribution is 0.102. The third kappa shape index (κ3) is 3.26. The van der Waals surface area contributed by atoms with Crippen LogP contribution >= 0.6 is 0 Å². The average Bonchev–Trinajstić information content (AvgIpc) is 3.03. The summed E-state index contributed by atoms with van der Waals surface area (Å²) >= 11 is 0. The van der Waals surface area contributed by atoms with Crippen LogP contribution in [0.3, 0.4) is 0 Å². The summed E-state index contributed by atoms with van der Waals surface area (Å²) in [7, 11) is 0. The molecule has 0 bridgehead atoms. The second-order valence-corrected chi connectivity index (χ2v) is 5.03. The van der Waals surface area contributed by atoms with Gasteiger partial charge in [-0.3, -0.25) is 14.9 Å². The highest BCUT2D eigenvalue weighted by atomic mass is 19.1. The van der Waals surface area contributed by atoms with Crippen molar-refractivity contribution in [3.8, 4) is 11.4 Å². The first-order valence-electron chi connectivity index (χ1n) is 7.23. The second-order valence-electron chi connectivity index (χ2n) is 5.03. The monoisotopic (exact) mass is 310 g/mol. The van der Waals surface area contributed by atoms with Gasteiger partial charge in [-0.1, -0.05) is 13.0 Å². The third-order valence-corrected chi connectivity index (χ3v) is 3.44. The number of aromatic nitrogens is 3. The Morgan fingerprint density at radius 3 is 2.91 bits per heavy atom. The Morgan fingerprint density at radius 1 is 1.30 bits per heavy atom. The first kappa shape index (κ1) is 14.9. The fourth-order valence-electron chi connectivity index (χ4n) is 2.27.